The number of benzene rings is 2. The number of carbonyl (C=O) groups is 2. The van der Waals surface area contributed by atoms with Gasteiger partial charge in [0.2, 0.25) is 5.91 Å². The minimum absolute atomic E-state index is 0.102. The molecule has 3 rings (SSSR count). The van der Waals surface area contributed by atoms with Crippen LogP contribution in [0.15, 0.2) is 53.7 Å². The van der Waals surface area contributed by atoms with E-state index >= 15 is 0 Å². The topological polar surface area (TPSA) is 64.4 Å². The van der Waals surface area contributed by atoms with Crippen LogP contribution in [-0.2, 0) is 22.6 Å². The summed E-state index contributed by atoms with van der Waals surface area (Å²) >= 11 is 0.319. The molecule has 1 heterocycles. The van der Waals surface area contributed by atoms with E-state index in [1.165, 1.54) is 16.6 Å². The third kappa shape index (κ3) is 4.92. The van der Waals surface area contributed by atoms with Crippen LogP contribution in [0.25, 0.3) is 11.0 Å². The molecule has 29 heavy (non-hydrogen) atoms. The summed E-state index contributed by atoms with van der Waals surface area (Å²) in [5.41, 5.74) is 2.43. The first-order valence-electron chi connectivity index (χ1n) is 8.70. The second kappa shape index (κ2) is 9.04. The standard InChI is InChI=1S/C20H19F2N3O3S/c1-24(11-13-7-9-14(10-8-13)18(27)28-2)17(26)12-25-16-6-4-3-5-15(16)23-20(25)29-19(21)22/h3-10,19H,11-12H2,1-2H3. The van der Waals surface area contributed by atoms with E-state index in [1.54, 1.807) is 55.6 Å². The summed E-state index contributed by atoms with van der Waals surface area (Å²) in [6, 6.07) is 13.7. The summed E-state index contributed by atoms with van der Waals surface area (Å²) in [6.07, 6.45) is 0. The molecule has 0 radical (unpaired) electrons. The van der Waals surface area contributed by atoms with Gasteiger partial charge in [0.1, 0.15) is 6.54 Å². The van der Waals surface area contributed by atoms with E-state index in [9.17, 15) is 18.4 Å². The number of imidazole rings is 1. The summed E-state index contributed by atoms with van der Waals surface area (Å²) in [4.78, 5) is 29.9. The molecule has 0 aliphatic rings. The Kier molecular flexibility index (Phi) is 6.48. The molecule has 0 saturated carbocycles. The number of para-hydroxylation sites is 2. The Morgan fingerprint density at radius 1 is 1.17 bits per heavy atom. The molecular weight excluding hydrogens is 400 g/mol. The number of thioether (sulfide) groups is 1. The normalized spacial score (nSPS) is 11.1. The third-order valence-electron chi connectivity index (χ3n) is 4.33. The number of hydrogen-bond donors (Lipinski definition) is 0. The summed E-state index contributed by atoms with van der Waals surface area (Å²) in [6.45, 7) is 0.205. The van der Waals surface area contributed by atoms with Gasteiger partial charge in [-0.25, -0.2) is 9.78 Å². The predicted octanol–water partition coefficient (Wildman–Crippen LogP) is 3.80. The highest BCUT2D eigenvalue weighted by atomic mass is 32.2. The zero-order chi connectivity index (χ0) is 21.0. The van der Waals surface area contributed by atoms with E-state index in [-0.39, 0.29) is 17.6 Å². The Hall–Kier alpha value is -2.94. The van der Waals surface area contributed by atoms with E-state index in [0.717, 1.165) is 5.56 Å². The van der Waals surface area contributed by atoms with Gasteiger partial charge >= 0.3 is 5.97 Å². The van der Waals surface area contributed by atoms with Crippen molar-refractivity contribution in [1.29, 1.82) is 0 Å². The van der Waals surface area contributed by atoms with Crippen molar-refractivity contribution in [2.24, 2.45) is 0 Å². The number of nitrogens with zero attached hydrogens (tertiary/aromatic N) is 3. The SMILES string of the molecule is COC(=O)c1ccc(CN(C)C(=O)Cn2c(SC(F)F)nc3ccccc32)cc1. The number of alkyl halides is 2. The zero-order valence-electron chi connectivity index (χ0n) is 15.8. The average molecular weight is 419 g/mol. The van der Waals surface area contributed by atoms with Crippen molar-refractivity contribution in [1.82, 2.24) is 14.5 Å². The lowest BCUT2D eigenvalue weighted by atomic mass is 10.1. The molecule has 0 aliphatic carbocycles. The van der Waals surface area contributed by atoms with E-state index in [2.05, 4.69) is 9.72 Å². The van der Waals surface area contributed by atoms with Gasteiger partial charge in [-0.1, -0.05) is 24.3 Å². The van der Waals surface area contributed by atoms with Crippen LogP contribution in [0.2, 0.25) is 0 Å². The predicted molar refractivity (Wildman–Crippen MR) is 106 cm³/mol. The molecule has 0 bridgehead atoms. The van der Waals surface area contributed by atoms with E-state index < -0.39 is 11.7 Å². The fourth-order valence-electron chi connectivity index (χ4n) is 2.86. The maximum absolute atomic E-state index is 12.9. The number of methoxy groups -OCH3 is 1. The molecule has 3 aromatic rings. The van der Waals surface area contributed by atoms with Gasteiger partial charge in [0.25, 0.3) is 5.76 Å². The Labute approximate surface area is 170 Å². The lowest BCUT2D eigenvalue weighted by molar-refractivity contribution is -0.131. The van der Waals surface area contributed by atoms with Gasteiger partial charge in [-0.3, -0.25) is 4.79 Å². The molecule has 0 spiro atoms. The third-order valence-corrected chi connectivity index (χ3v) is 5.03. The molecule has 0 fully saturated rings. The van der Waals surface area contributed by atoms with Gasteiger partial charge in [0.05, 0.1) is 23.7 Å². The lowest BCUT2D eigenvalue weighted by Gasteiger charge is -2.19. The van der Waals surface area contributed by atoms with Crippen LogP contribution in [0, 0.1) is 0 Å². The zero-order valence-corrected chi connectivity index (χ0v) is 16.7. The Balaban J connectivity index is 1.75. The van der Waals surface area contributed by atoms with Crippen molar-refractivity contribution in [3.63, 3.8) is 0 Å². The number of halogens is 2. The smallest absolute Gasteiger partial charge is 0.337 e. The molecule has 6 nitrogen and oxygen atoms in total. The lowest BCUT2D eigenvalue weighted by Crippen LogP contribution is -2.30. The van der Waals surface area contributed by atoms with Crippen LogP contribution < -0.4 is 0 Å². The van der Waals surface area contributed by atoms with Crippen molar-refractivity contribution in [2.75, 3.05) is 14.2 Å². The second-order valence-corrected chi connectivity index (χ2v) is 7.24. The highest BCUT2D eigenvalue weighted by molar-refractivity contribution is 7.99. The van der Waals surface area contributed by atoms with Gasteiger partial charge in [-0.15, -0.1) is 0 Å². The van der Waals surface area contributed by atoms with Crippen LogP contribution in [0.1, 0.15) is 15.9 Å². The number of carbonyl (C=O) groups excluding carboxylic acids is 2. The van der Waals surface area contributed by atoms with Crippen molar-refractivity contribution in [3.8, 4) is 0 Å². The van der Waals surface area contributed by atoms with E-state index in [4.69, 9.17) is 0 Å². The molecule has 152 valence electrons. The summed E-state index contributed by atoms with van der Waals surface area (Å²) in [7, 11) is 2.94. The monoisotopic (exact) mass is 419 g/mol. The summed E-state index contributed by atoms with van der Waals surface area (Å²) in [5, 5.41) is 0.102. The minimum Gasteiger partial charge on any atom is -0.465 e. The first kappa shape index (κ1) is 20.8. The number of likely N-dealkylation sites (N-methyl/N-ethyl adjacent to an activating group) is 1. The van der Waals surface area contributed by atoms with Crippen LogP contribution >= 0.6 is 11.8 Å². The van der Waals surface area contributed by atoms with Crippen molar-refractivity contribution in [2.45, 2.75) is 24.0 Å². The molecule has 0 saturated heterocycles. The summed E-state index contributed by atoms with van der Waals surface area (Å²) in [5.74, 6) is -3.31. The maximum Gasteiger partial charge on any atom is 0.337 e. The Morgan fingerprint density at radius 3 is 2.52 bits per heavy atom. The molecule has 0 N–H and O–H groups in total. The highest BCUT2D eigenvalue weighted by Gasteiger charge is 2.19. The molecule has 2 aromatic carbocycles. The highest BCUT2D eigenvalue weighted by Crippen LogP contribution is 2.28. The fourth-order valence-corrected chi connectivity index (χ4v) is 3.46. The number of ether oxygens (including phenoxy) is 1. The van der Waals surface area contributed by atoms with Crippen LogP contribution in [0.5, 0.6) is 0 Å². The first-order chi connectivity index (χ1) is 13.9. The summed E-state index contributed by atoms with van der Waals surface area (Å²) < 4.78 is 32.0. The minimum atomic E-state index is -2.63. The van der Waals surface area contributed by atoms with Crippen molar-refractivity contribution in [3.05, 3.63) is 59.7 Å². The van der Waals surface area contributed by atoms with Gasteiger partial charge in [-0.05, 0) is 41.6 Å². The van der Waals surface area contributed by atoms with Crippen LogP contribution in [0.3, 0.4) is 0 Å². The number of hydrogen-bond acceptors (Lipinski definition) is 5. The number of esters is 1. The maximum atomic E-state index is 12.9. The van der Waals surface area contributed by atoms with Gasteiger partial charge < -0.3 is 14.2 Å². The molecular formula is C20H19F2N3O3S. The van der Waals surface area contributed by atoms with Crippen LogP contribution in [-0.4, -0.2) is 46.2 Å². The van der Waals surface area contributed by atoms with Crippen LogP contribution in [0.4, 0.5) is 8.78 Å². The van der Waals surface area contributed by atoms with Gasteiger partial charge in [0.15, 0.2) is 5.16 Å². The average Bonchev–Trinajstić information content (AvgIpc) is 3.04. The molecule has 0 aliphatic heterocycles. The Bertz CT molecular complexity index is 1020. The molecule has 0 atom stereocenters. The number of amides is 1. The van der Waals surface area contributed by atoms with Gasteiger partial charge in [0, 0.05) is 13.6 Å². The number of rotatable bonds is 7. The van der Waals surface area contributed by atoms with E-state index in [1.807, 2.05) is 0 Å². The fraction of sp³-hybridized carbons (Fsp3) is 0.250. The molecule has 0 unspecified atom stereocenters. The molecule has 1 amide bonds. The number of fused-ring (bicyclic) bond motifs is 1. The molecule has 9 heteroatoms. The van der Waals surface area contributed by atoms with E-state index in [0.29, 0.717) is 34.9 Å². The van der Waals surface area contributed by atoms with Crippen molar-refractivity contribution >= 4 is 34.7 Å². The van der Waals surface area contributed by atoms with Gasteiger partial charge in [-0.2, -0.15) is 8.78 Å². The first-order valence-corrected chi connectivity index (χ1v) is 9.58. The quantitative estimate of drug-likeness (QED) is 0.431. The van der Waals surface area contributed by atoms with Crippen molar-refractivity contribution < 1.29 is 23.1 Å². The Morgan fingerprint density at radius 2 is 1.86 bits per heavy atom. The second-order valence-electron chi connectivity index (χ2n) is 6.29. The number of aromatic nitrogens is 2. The molecule has 1 aromatic heterocycles. The largest absolute Gasteiger partial charge is 0.465 e.